The van der Waals surface area contributed by atoms with Crippen molar-refractivity contribution in [1.29, 1.82) is 0 Å². The fourth-order valence-corrected chi connectivity index (χ4v) is 1.06. The Morgan fingerprint density at radius 2 is 1.92 bits per heavy atom. The van der Waals surface area contributed by atoms with Crippen molar-refractivity contribution < 1.29 is 42.3 Å². The van der Waals surface area contributed by atoms with Crippen molar-refractivity contribution in [3.05, 3.63) is 35.9 Å². The molecule has 0 unspecified atom stereocenters. The molecule has 1 aromatic rings. The number of rotatable bonds is 0. The average Bonchev–Trinajstić information content (AvgIpc) is 2.05. The van der Waals surface area contributed by atoms with Crippen molar-refractivity contribution in [2.24, 2.45) is 0 Å². The molecule has 0 radical (unpaired) electrons. The van der Waals surface area contributed by atoms with E-state index in [0.717, 1.165) is 5.75 Å². The molecule has 0 saturated carbocycles. The fraction of sp³-hybridized carbons (Fsp3) is 0.111. The van der Waals surface area contributed by atoms with Crippen LogP contribution in [0.1, 0.15) is 5.56 Å². The van der Waals surface area contributed by atoms with Gasteiger partial charge in [-0.15, -0.1) is 0 Å². The molecule has 0 atom stereocenters. The van der Waals surface area contributed by atoms with Gasteiger partial charge in [0.15, 0.2) is 0 Å². The van der Waals surface area contributed by atoms with Crippen LogP contribution in [0.5, 0.6) is 5.75 Å². The summed E-state index contributed by atoms with van der Waals surface area (Å²) in [5, 5.41) is 0. The third kappa shape index (κ3) is 2.47. The van der Waals surface area contributed by atoms with Gasteiger partial charge < -0.3 is 4.74 Å². The summed E-state index contributed by atoms with van der Waals surface area (Å²) in [6.45, 7) is 0.705. The summed E-state index contributed by atoms with van der Waals surface area (Å²) in [6, 6.07) is 8.03. The Kier molecular flexibility index (Phi) is 5.54. The van der Waals surface area contributed by atoms with Crippen molar-refractivity contribution in [3.63, 3.8) is 0 Å². The van der Waals surface area contributed by atoms with Crippen molar-refractivity contribution in [2.45, 2.75) is 0 Å². The number of hydrogen-bond acceptors (Lipinski definition) is 1. The van der Waals surface area contributed by atoms with Gasteiger partial charge in [-0.05, 0) is 12.1 Å². The first-order valence-electron chi connectivity index (χ1n) is 3.35. The molecule has 12 heavy (non-hydrogen) atoms. The minimum absolute atomic E-state index is 0. The molecule has 0 aromatic heterocycles. The van der Waals surface area contributed by atoms with Gasteiger partial charge in [0, 0.05) is 43.1 Å². The van der Waals surface area contributed by atoms with Gasteiger partial charge in [-0.1, -0.05) is 24.3 Å². The summed E-state index contributed by atoms with van der Waals surface area (Å²) in [5.74, 6) is 0.991. The van der Waals surface area contributed by atoms with Gasteiger partial charge >= 0.3 is 0 Å². The molecule has 2 rings (SSSR count). The quantitative estimate of drug-likeness (QED) is 0.664. The molecule has 0 amide bonds. The van der Waals surface area contributed by atoms with E-state index in [1.54, 1.807) is 0 Å². The molecule has 1 nitrogen and oxygen atoms in total. The predicted molar refractivity (Wildman–Crippen MR) is 41.0 cm³/mol. The third-order valence-electron chi connectivity index (χ3n) is 1.55. The van der Waals surface area contributed by atoms with Crippen molar-refractivity contribution >= 4 is 6.08 Å². The Labute approximate surface area is 96.4 Å². The van der Waals surface area contributed by atoms with E-state index in [2.05, 4.69) is 6.08 Å². The van der Waals surface area contributed by atoms with Crippen LogP contribution >= 0.6 is 0 Å². The van der Waals surface area contributed by atoms with E-state index >= 15 is 0 Å². The van der Waals surface area contributed by atoms with Gasteiger partial charge in [0.1, 0.15) is 12.4 Å². The van der Waals surface area contributed by atoms with Crippen LogP contribution in [-0.4, -0.2) is 6.61 Å². The summed E-state index contributed by atoms with van der Waals surface area (Å²) in [7, 11) is 0. The van der Waals surface area contributed by atoms with E-state index in [0.29, 0.717) is 6.61 Å². The minimum Gasteiger partial charge on any atom is -0.489 e. The molecule has 1 aromatic carbocycles. The Bertz CT molecular complexity index is 273. The number of benzene rings is 1. The van der Waals surface area contributed by atoms with E-state index in [4.69, 9.17) is 4.74 Å². The largest absolute Gasteiger partial charge is 0.489 e. The number of hydrogen-bond donors (Lipinski definition) is 0. The molecule has 1 heterocycles. The molecule has 0 N–H and O–H groups in total. The second-order valence-corrected chi connectivity index (χ2v) is 2.25. The first-order chi connectivity index (χ1) is 4.97. The standard InChI is InChI=1S/C9H8O.Mo.Ni/c1-2-6-9-8(4-1)5-3-7-10-9;;/h1-6H,7H2;;. The molecule has 1 aliphatic heterocycles. The first-order valence-corrected chi connectivity index (χ1v) is 3.35. The average molecular weight is 287 g/mol. The van der Waals surface area contributed by atoms with Gasteiger partial charge in [0.05, 0.1) is 0 Å². The van der Waals surface area contributed by atoms with E-state index in [1.807, 2.05) is 30.3 Å². The van der Waals surface area contributed by atoms with Gasteiger partial charge in [-0.3, -0.25) is 0 Å². The molecule has 1 aliphatic rings. The fourth-order valence-electron chi connectivity index (χ4n) is 1.06. The van der Waals surface area contributed by atoms with Crippen LogP contribution in [0.25, 0.3) is 6.08 Å². The molecular weight excluding hydrogens is 279 g/mol. The van der Waals surface area contributed by atoms with Crippen molar-refractivity contribution in [1.82, 2.24) is 0 Å². The summed E-state index contributed by atoms with van der Waals surface area (Å²) in [6.07, 6.45) is 4.10. The van der Waals surface area contributed by atoms with Crippen LogP contribution < -0.4 is 4.74 Å². The van der Waals surface area contributed by atoms with Gasteiger partial charge in [-0.25, -0.2) is 0 Å². The Balaban J connectivity index is 0.000000605. The molecular formula is C9H8MoNiO. The van der Waals surface area contributed by atoms with Gasteiger partial charge in [-0.2, -0.15) is 0 Å². The Morgan fingerprint density at radius 3 is 2.67 bits per heavy atom. The molecule has 3 heteroatoms. The smallest absolute Gasteiger partial charge is 0.126 e. The van der Waals surface area contributed by atoms with Crippen LogP contribution in [-0.2, 0) is 37.6 Å². The number of para-hydroxylation sites is 1. The predicted octanol–water partition coefficient (Wildman–Crippen LogP) is 2.09. The van der Waals surface area contributed by atoms with Crippen molar-refractivity contribution in [2.75, 3.05) is 6.61 Å². The maximum Gasteiger partial charge on any atom is 0.126 e. The molecule has 0 spiro atoms. The molecule has 0 aliphatic carbocycles. The summed E-state index contributed by atoms with van der Waals surface area (Å²) in [5.41, 5.74) is 1.17. The van der Waals surface area contributed by atoms with Crippen LogP contribution in [0.15, 0.2) is 30.3 Å². The maximum absolute atomic E-state index is 5.34. The number of ether oxygens (including phenoxy) is 1. The van der Waals surface area contributed by atoms with Gasteiger partial charge in [0.2, 0.25) is 0 Å². The second-order valence-electron chi connectivity index (χ2n) is 2.25. The summed E-state index contributed by atoms with van der Waals surface area (Å²) < 4.78 is 5.34. The monoisotopic (exact) mass is 288 g/mol. The third-order valence-corrected chi connectivity index (χ3v) is 1.55. The zero-order valence-electron chi connectivity index (χ0n) is 6.30. The van der Waals surface area contributed by atoms with Crippen LogP contribution in [0, 0.1) is 0 Å². The topological polar surface area (TPSA) is 9.23 Å². The Morgan fingerprint density at radius 1 is 1.17 bits per heavy atom. The van der Waals surface area contributed by atoms with Crippen LogP contribution in [0.2, 0.25) is 0 Å². The zero-order chi connectivity index (χ0) is 6.81. The van der Waals surface area contributed by atoms with Gasteiger partial charge in [0.25, 0.3) is 0 Å². The van der Waals surface area contributed by atoms with E-state index in [1.165, 1.54) is 5.56 Å². The minimum atomic E-state index is 0. The summed E-state index contributed by atoms with van der Waals surface area (Å²) in [4.78, 5) is 0. The van der Waals surface area contributed by atoms with E-state index < -0.39 is 0 Å². The second kappa shape index (κ2) is 5.56. The zero-order valence-corrected chi connectivity index (χ0v) is 9.30. The van der Waals surface area contributed by atoms with Crippen molar-refractivity contribution in [3.8, 4) is 5.75 Å². The summed E-state index contributed by atoms with van der Waals surface area (Å²) >= 11 is 0. The maximum atomic E-state index is 5.34. The molecule has 0 saturated heterocycles. The van der Waals surface area contributed by atoms with Crippen LogP contribution in [0.4, 0.5) is 0 Å². The van der Waals surface area contributed by atoms with E-state index in [-0.39, 0.29) is 37.6 Å². The normalized spacial score (nSPS) is 11.7. The van der Waals surface area contributed by atoms with E-state index in [9.17, 15) is 0 Å². The first kappa shape index (κ1) is 11.9. The SMILES string of the molecule is C1=Cc2ccccc2OC1.[Mo].[Ni]. The molecule has 0 bridgehead atoms. The number of fused-ring (bicyclic) bond motifs is 1. The van der Waals surface area contributed by atoms with Crippen LogP contribution in [0.3, 0.4) is 0 Å². The Hall–Kier alpha value is -0.0582. The molecule has 66 valence electrons. The molecule has 0 fully saturated rings.